The molecule has 1 atom stereocenters. The minimum atomic E-state index is -0.218. The van der Waals surface area contributed by atoms with Crippen LogP contribution in [-0.4, -0.2) is 47.3 Å². The Morgan fingerprint density at radius 1 is 1.08 bits per heavy atom. The Kier molecular flexibility index (Phi) is 5.88. The Balaban J connectivity index is 1.24. The Hall–Kier alpha value is -1.43. The van der Waals surface area contributed by atoms with Crippen molar-refractivity contribution < 1.29 is 5.11 Å². The molecule has 5 heteroatoms. The van der Waals surface area contributed by atoms with Gasteiger partial charge in [-0.3, -0.25) is 4.90 Å². The van der Waals surface area contributed by atoms with E-state index in [-0.39, 0.29) is 6.10 Å². The summed E-state index contributed by atoms with van der Waals surface area (Å²) in [5.74, 6) is 0.424. The van der Waals surface area contributed by atoms with E-state index in [0.29, 0.717) is 5.92 Å². The molecule has 0 aliphatic carbocycles. The molecule has 0 bridgehead atoms. The lowest BCUT2D eigenvalue weighted by molar-refractivity contribution is 0.0579. The molecule has 1 aromatic carbocycles. The molecule has 1 N–H and O–H groups in total. The first-order valence-corrected chi connectivity index (χ1v) is 10.7. The van der Waals surface area contributed by atoms with E-state index in [1.165, 1.54) is 28.4 Å². The number of thiazole rings is 1. The topological polar surface area (TPSA) is 39.6 Å². The average Bonchev–Trinajstić information content (AvgIpc) is 3.35. The van der Waals surface area contributed by atoms with Crippen LogP contribution in [0.25, 0.3) is 0 Å². The van der Waals surface area contributed by atoms with Crippen LogP contribution in [0.4, 0.5) is 5.13 Å². The van der Waals surface area contributed by atoms with Gasteiger partial charge in [-0.15, -0.1) is 11.3 Å². The van der Waals surface area contributed by atoms with Gasteiger partial charge in [0, 0.05) is 30.7 Å². The van der Waals surface area contributed by atoms with Crippen molar-refractivity contribution >= 4 is 16.5 Å². The fraction of sp³-hybridized carbons (Fsp3) is 0.571. The lowest BCUT2D eigenvalue weighted by Gasteiger charge is -2.34. The molecule has 2 fully saturated rings. The summed E-state index contributed by atoms with van der Waals surface area (Å²) in [5, 5.41) is 11.8. The first-order chi connectivity index (χ1) is 12.8. The third-order valence-corrected chi connectivity index (χ3v) is 6.80. The van der Waals surface area contributed by atoms with Gasteiger partial charge in [0.2, 0.25) is 0 Å². The third kappa shape index (κ3) is 4.45. The Bertz CT molecular complexity index is 676. The number of hydrogen-bond donors (Lipinski definition) is 1. The van der Waals surface area contributed by atoms with Crippen LogP contribution in [0.2, 0.25) is 0 Å². The number of hydrogen-bond acceptors (Lipinski definition) is 5. The Labute approximate surface area is 160 Å². The third-order valence-electron chi connectivity index (χ3n) is 5.76. The van der Waals surface area contributed by atoms with E-state index in [2.05, 4.69) is 45.2 Å². The van der Waals surface area contributed by atoms with Crippen molar-refractivity contribution in [3.63, 3.8) is 0 Å². The molecule has 26 heavy (non-hydrogen) atoms. The van der Waals surface area contributed by atoms with Crippen molar-refractivity contribution in [1.82, 2.24) is 9.88 Å². The zero-order valence-electron chi connectivity index (χ0n) is 15.4. The highest BCUT2D eigenvalue weighted by atomic mass is 32.1. The van der Waals surface area contributed by atoms with Crippen LogP contribution in [0.15, 0.2) is 36.5 Å². The summed E-state index contributed by atoms with van der Waals surface area (Å²) in [6.45, 7) is 5.49. The van der Waals surface area contributed by atoms with E-state index in [1.54, 1.807) is 0 Å². The monoisotopic (exact) mass is 371 g/mol. The molecular weight excluding hydrogens is 342 g/mol. The molecule has 0 amide bonds. The molecule has 4 rings (SSSR count). The molecule has 2 saturated heterocycles. The SMILES string of the molecule is O[C@@H](Cc1ccccc1)C1CCN(Cc2cnc(N3CCCC3)s2)CC1. The van der Waals surface area contributed by atoms with Crippen molar-refractivity contribution in [1.29, 1.82) is 0 Å². The van der Waals surface area contributed by atoms with Crippen LogP contribution in [-0.2, 0) is 13.0 Å². The van der Waals surface area contributed by atoms with E-state index in [0.717, 1.165) is 52.0 Å². The first-order valence-electron chi connectivity index (χ1n) is 9.92. The summed E-state index contributed by atoms with van der Waals surface area (Å²) in [4.78, 5) is 10.9. The van der Waals surface area contributed by atoms with Gasteiger partial charge in [-0.25, -0.2) is 4.98 Å². The summed E-state index contributed by atoms with van der Waals surface area (Å²) in [6.07, 6.45) is 7.40. The number of anilines is 1. The van der Waals surface area contributed by atoms with Crippen molar-refractivity contribution in [3.8, 4) is 0 Å². The lowest BCUT2D eigenvalue weighted by atomic mass is 9.88. The predicted molar refractivity (Wildman–Crippen MR) is 108 cm³/mol. The molecule has 140 valence electrons. The van der Waals surface area contributed by atoms with Crippen LogP contribution in [0, 0.1) is 5.92 Å². The smallest absolute Gasteiger partial charge is 0.185 e. The number of benzene rings is 1. The van der Waals surface area contributed by atoms with Gasteiger partial charge < -0.3 is 10.0 Å². The summed E-state index contributed by atoms with van der Waals surface area (Å²) in [7, 11) is 0. The van der Waals surface area contributed by atoms with Gasteiger partial charge in [0.15, 0.2) is 5.13 Å². The number of aliphatic hydroxyl groups is 1. The highest BCUT2D eigenvalue weighted by Gasteiger charge is 2.26. The summed E-state index contributed by atoms with van der Waals surface area (Å²) < 4.78 is 0. The fourth-order valence-corrected chi connectivity index (χ4v) is 5.17. The standard InChI is InChI=1S/C21H29N3OS/c25-20(14-17-6-2-1-3-7-17)18-8-12-23(13-9-18)16-19-15-22-21(26-19)24-10-4-5-11-24/h1-3,6-7,15,18,20,25H,4-5,8-14,16H2/t20-/m0/s1. The number of rotatable bonds is 6. The maximum Gasteiger partial charge on any atom is 0.185 e. The van der Waals surface area contributed by atoms with Gasteiger partial charge in [-0.05, 0) is 56.7 Å². The molecule has 2 aliphatic rings. The van der Waals surface area contributed by atoms with E-state index < -0.39 is 0 Å². The second-order valence-electron chi connectivity index (χ2n) is 7.67. The maximum absolute atomic E-state index is 10.6. The highest BCUT2D eigenvalue weighted by molar-refractivity contribution is 7.15. The van der Waals surface area contributed by atoms with Crippen molar-refractivity contribution in [2.24, 2.45) is 5.92 Å². The second-order valence-corrected chi connectivity index (χ2v) is 8.77. The van der Waals surface area contributed by atoms with Gasteiger partial charge in [0.1, 0.15) is 0 Å². The fourth-order valence-electron chi connectivity index (χ4n) is 4.16. The Morgan fingerprint density at radius 3 is 2.54 bits per heavy atom. The number of likely N-dealkylation sites (tertiary alicyclic amines) is 1. The first kappa shape index (κ1) is 18.0. The van der Waals surface area contributed by atoms with Gasteiger partial charge in [0.25, 0.3) is 0 Å². The molecule has 0 unspecified atom stereocenters. The van der Waals surface area contributed by atoms with Gasteiger partial charge >= 0.3 is 0 Å². The number of aromatic nitrogens is 1. The lowest BCUT2D eigenvalue weighted by Crippen LogP contribution is -2.37. The Morgan fingerprint density at radius 2 is 1.81 bits per heavy atom. The highest BCUT2D eigenvalue weighted by Crippen LogP contribution is 2.29. The van der Waals surface area contributed by atoms with Crippen molar-refractivity contribution in [3.05, 3.63) is 47.0 Å². The number of piperidine rings is 1. The molecule has 0 saturated carbocycles. The maximum atomic E-state index is 10.6. The predicted octanol–water partition coefficient (Wildman–Crippen LogP) is 3.56. The van der Waals surface area contributed by atoms with Crippen molar-refractivity contribution in [2.75, 3.05) is 31.1 Å². The molecule has 2 aromatic rings. The van der Waals surface area contributed by atoms with E-state index in [1.807, 2.05) is 17.4 Å². The second kappa shape index (κ2) is 8.51. The summed E-state index contributed by atoms with van der Waals surface area (Å²) >= 11 is 1.86. The summed E-state index contributed by atoms with van der Waals surface area (Å²) in [5.41, 5.74) is 1.24. The molecule has 0 radical (unpaired) electrons. The molecule has 1 aromatic heterocycles. The normalized spacial score (nSPS) is 20.6. The van der Waals surface area contributed by atoms with Crippen LogP contribution < -0.4 is 4.90 Å². The molecule has 3 heterocycles. The van der Waals surface area contributed by atoms with Crippen LogP contribution in [0.5, 0.6) is 0 Å². The van der Waals surface area contributed by atoms with Gasteiger partial charge in [-0.2, -0.15) is 0 Å². The van der Waals surface area contributed by atoms with Gasteiger partial charge in [-0.1, -0.05) is 30.3 Å². The molecule has 0 spiro atoms. The van der Waals surface area contributed by atoms with E-state index in [4.69, 9.17) is 0 Å². The zero-order chi connectivity index (χ0) is 17.8. The molecule has 2 aliphatic heterocycles. The summed E-state index contributed by atoms with van der Waals surface area (Å²) in [6, 6.07) is 10.4. The number of nitrogens with zero attached hydrogens (tertiary/aromatic N) is 3. The number of aliphatic hydroxyl groups excluding tert-OH is 1. The van der Waals surface area contributed by atoms with E-state index in [9.17, 15) is 5.11 Å². The van der Waals surface area contributed by atoms with E-state index >= 15 is 0 Å². The molecule has 4 nitrogen and oxygen atoms in total. The van der Waals surface area contributed by atoms with Crippen molar-refractivity contribution in [2.45, 2.75) is 44.8 Å². The quantitative estimate of drug-likeness (QED) is 0.843. The van der Waals surface area contributed by atoms with Crippen LogP contribution in [0.3, 0.4) is 0 Å². The van der Waals surface area contributed by atoms with Gasteiger partial charge in [0.05, 0.1) is 6.10 Å². The minimum absolute atomic E-state index is 0.218. The average molecular weight is 372 g/mol. The largest absolute Gasteiger partial charge is 0.392 e. The zero-order valence-corrected chi connectivity index (χ0v) is 16.2. The molecular formula is C21H29N3OS. The minimum Gasteiger partial charge on any atom is -0.392 e. The van der Waals surface area contributed by atoms with Crippen LogP contribution >= 0.6 is 11.3 Å². The van der Waals surface area contributed by atoms with Crippen LogP contribution in [0.1, 0.15) is 36.1 Å².